The third-order valence-electron chi connectivity index (χ3n) is 3.23. The molecule has 1 heterocycles. The number of rotatable bonds is 3. The highest BCUT2D eigenvalue weighted by atomic mass is 35.5. The summed E-state index contributed by atoms with van der Waals surface area (Å²) in [6.45, 7) is 1.01. The fourth-order valence-electron chi connectivity index (χ4n) is 2.10. The molecule has 1 N–H and O–H groups in total. The molecule has 0 bridgehead atoms. The monoisotopic (exact) mass is 373 g/mol. The van der Waals surface area contributed by atoms with Gasteiger partial charge in [-0.15, -0.1) is 0 Å². The average Bonchev–Trinajstić information content (AvgIpc) is 2.76. The molecule has 0 saturated heterocycles. The molecule has 1 aliphatic heterocycles. The lowest BCUT2D eigenvalue weighted by molar-refractivity contribution is 0.297. The van der Waals surface area contributed by atoms with Gasteiger partial charge in [-0.3, -0.25) is 4.72 Å². The van der Waals surface area contributed by atoms with Crippen molar-refractivity contribution in [1.29, 1.82) is 0 Å². The molecule has 0 spiro atoms. The molecule has 23 heavy (non-hydrogen) atoms. The van der Waals surface area contributed by atoms with Crippen LogP contribution in [-0.2, 0) is 10.0 Å². The Morgan fingerprint density at radius 2 is 1.74 bits per heavy atom. The van der Waals surface area contributed by atoms with Crippen LogP contribution in [0.4, 0.5) is 5.69 Å². The van der Waals surface area contributed by atoms with E-state index in [9.17, 15) is 8.42 Å². The summed E-state index contributed by atoms with van der Waals surface area (Å²) in [5.41, 5.74) is 0.214. The molecule has 1 aliphatic rings. The zero-order valence-corrected chi connectivity index (χ0v) is 14.2. The molecule has 122 valence electrons. The van der Waals surface area contributed by atoms with Crippen molar-refractivity contribution >= 4 is 38.9 Å². The van der Waals surface area contributed by atoms with Gasteiger partial charge in [0, 0.05) is 12.5 Å². The fraction of sp³-hybridized carbons (Fsp3) is 0.200. The molecule has 0 aliphatic carbocycles. The maximum absolute atomic E-state index is 12.5. The average molecular weight is 374 g/mol. The number of ether oxygens (including phenoxy) is 2. The van der Waals surface area contributed by atoms with Gasteiger partial charge >= 0.3 is 0 Å². The van der Waals surface area contributed by atoms with Gasteiger partial charge in [-0.25, -0.2) is 8.42 Å². The summed E-state index contributed by atoms with van der Waals surface area (Å²) >= 11 is 11.9. The zero-order valence-electron chi connectivity index (χ0n) is 11.9. The van der Waals surface area contributed by atoms with Gasteiger partial charge < -0.3 is 9.47 Å². The lowest BCUT2D eigenvalue weighted by Gasteiger charge is -2.12. The molecule has 0 aromatic heterocycles. The van der Waals surface area contributed by atoms with Gasteiger partial charge in [-0.05, 0) is 24.3 Å². The number of hydrogen-bond acceptors (Lipinski definition) is 4. The summed E-state index contributed by atoms with van der Waals surface area (Å²) < 4.78 is 38.5. The van der Waals surface area contributed by atoms with Gasteiger partial charge in [0.2, 0.25) is 0 Å². The van der Waals surface area contributed by atoms with E-state index in [1.54, 1.807) is 18.2 Å². The molecule has 2 aromatic carbocycles. The highest BCUT2D eigenvalue weighted by molar-refractivity contribution is 7.92. The van der Waals surface area contributed by atoms with E-state index in [0.29, 0.717) is 24.7 Å². The Kier molecular flexibility index (Phi) is 4.57. The Labute approximate surface area is 144 Å². The Morgan fingerprint density at radius 1 is 1.00 bits per heavy atom. The lowest BCUT2D eigenvalue weighted by Crippen LogP contribution is -2.13. The summed E-state index contributed by atoms with van der Waals surface area (Å²) in [6.07, 6.45) is 0.743. The third-order valence-corrected chi connectivity index (χ3v) is 5.41. The van der Waals surface area contributed by atoms with E-state index >= 15 is 0 Å². The molecule has 0 atom stereocenters. The van der Waals surface area contributed by atoms with Crippen LogP contribution in [0, 0.1) is 0 Å². The Hall–Kier alpha value is -1.63. The van der Waals surface area contributed by atoms with Crippen molar-refractivity contribution in [3.05, 3.63) is 46.4 Å². The van der Waals surface area contributed by atoms with Crippen LogP contribution in [0.15, 0.2) is 41.3 Å². The largest absolute Gasteiger partial charge is 0.490 e. The number of hydrogen-bond donors (Lipinski definition) is 1. The molecule has 5 nitrogen and oxygen atoms in total. The molecular weight excluding hydrogens is 361 g/mol. The standard InChI is InChI=1S/C15H13Cl2NO4S/c16-11-3-1-4-12(15(11)17)18-23(19,20)10-5-6-13-14(9-10)22-8-2-7-21-13/h1,3-6,9,18H,2,7-8H2. The number of benzene rings is 2. The first-order valence-electron chi connectivity index (χ1n) is 6.84. The first-order valence-corrected chi connectivity index (χ1v) is 9.08. The molecule has 0 amide bonds. The van der Waals surface area contributed by atoms with E-state index in [1.807, 2.05) is 0 Å². The molecule has 0 radical (unpaired) electrons. The van der Waals surface area contributed by atoms with Gasteiger partial charge in [0.15, 0.2) is 11.5 Å². The summed E-state index contributed by atoms with van der Waals surface area (Å²) in [4.78, 5) is 0.0535. The van der Waals surface area contributed by atoms with E-state index in [4.69, 9.17) is 32.7 Å². The van der Waals surface area contributed by atoms with E-state index < -0.39 is 10.0 Å². The molecule has 0 fully saturated rings. The number of nitrogens with one attached hydrogen (secondary N) is 1. The lowest BCUT2D eigenvalue weighted by atomic mass is 10.3. The van der Waals surface area contributed by atoms with E-state index in [1.165, 1.54) is 18.2 Å². The van der Waals surface area contributed by atoms with Crippen LogP contribution in [0.25, 0.3) is 0 Å². The van der Waals surface area contributed by atoms with Crippen LogP contribution in [-0.4, -0.2) is 21.6 Å². The molecule has 3 rings (SSSR count). The third kappa shape index (κ3) is 3.49. The molecule has 0 saturated carbocycles. The Balaban J connectivity index is 1.94. The number of anilines is 1. The second kappa shape index (κ2) is 6.47. The highest BCUT2D eigenvalue weighted by Gasteiger charge is 2.20. The summed E-state index contributed by atoms with van der Waals surface area (Å²) in [7, 11) is -3.83. The minimum atomic E-state index is -3.83. The predicted molar refractivity (Wildman–Crippen MR) is 89.3 cm³/mol. The van der Waals surface area contributed by atoms with Gasteiger partial charge in [-0.1, -0.05) is 29.3 Å². The Morgan fingerprint density at radius 3 is 2.52 bits per heavy atom. The van der Waals surface area contributed by atoms with E-state index in [0.717, 1.165) is 6.42 Å². The predicted octanol–water partition coefficient (Wildman–Crippen LogP) is 3.96. The molecule has 2 aromatic rings. The minimum Gasteiger partial charge on any atom is -0.490 e. The summed E-state index contributed by atoms with van der Waals surface area (Å²) in [5, 5.41) is 0.414. The van der Waals surface area contributed by atoms with Crippen molar-refractivity contribution in [2.45, 2.75) is 11.3 Å². The summed E-state index contributed by atoms with van der Waals surface area (Å²) in [6, 6.07) is 9.19. The van der Waals surface area contributed by atoms with Crippen molar-refractivity contribution in [3.63, 3.8) is 0 Å². The Bertz CT molecular complexity index is 839. The smallest absolute Gasteiger partial charge is 0.262 e. The second-order valence-corrected chi connectivity index (χ2v) is 7.33. The first kappa shape index (κ1) is 16.2. The minimum absolute atomic E-state index is 0.0535. The van der Waals surface area contributed by atoms with Gasteiger partial charge in [0.05, 0.1) is 33.8 Å². The normalized spacial score (nSPS) is 14.2. The van der Waals surface area contributed by atoms with Crippen molar-refractivity contribution in [1.82, 2.24) is 0 Å². The van der Waals surface area contributed by atoms with Gasteiger partial charge in [-0.2, -0.15) is 0 Å². The van der Waals surface area contributed by atoms with Gasteiger partial charge in [0.25, 0.3) is 10.0 Å². The number of sulfonamides is 1. The van der Waals surface area contributed by atoms with Crippen LogP contribution >= 0.6 is 23.2 Å². The SMILES string of the molecule is O=S(=O)(Nc1cccc(Cl)c1Cl)c1ccc2c(c1)OCCCO2. The van der Waals surface area contributed by atoms with E-state index in [-0.39, 0.29) is 20.6 Å². The van der Waals surface area contributed by atoms with Crippen LogP contribution < -0.4 is 14.2 Å². The first-order chi connectivity index (χ1) is 11.0. The topological polar surface area (TPSA) is 64.6 Å². The number of fused-ring (bicyclic) bond motifs is 1. The molecule has 0 unspecified atom stereocenters. The molecule has 8 heteroatoms. The van der Waals surface area contributed by atoms with Crippen LogP contribution in [0.3, 0.4) is 0 Å². The van der Waals surface area contributed by atoms with Crippen LogP contribution in [0.2, 0.25) is 10.0 Å². The molecular formula is C15H13Cl2NO4S. The van der Waals surface area contributed by atoms with Crippen molar-refractivity contribution < 1.29 is 17.9 Å². The summed E-state index contributed by atoms with van der Waals surface area (Å²) in [5.74, 6) is 0.935. The zero-order chi connectivity index (χ0) is 16.4. The number of halogens is 2. The van der Waals surface area contributed by atoms with Crippen LogP contribution in [0.1, 0.15) is 6.42 Å². The van der Waals surface area contributed by atoms with Crippen molar-refractivity contribution in [3.8, 4) is 11.5 Å². The highest BCUT2D eigenvalue weighted by Crippen LogP contribution is 2.34. The fourth-order valence-corrected chi connectivity index (χ4v) is 3.59. The quantitative estimate of drug-likeness (QED) is 0.884. The second-order valence-electron chi connectivity index (χ2n) is 4.87. The van der Waals surface area contributed by atoms with Crippen molar-refractivity contribution in [2.75, 3.05) is 17.9 Å². The van der Waals surface area contributed by atoms with E-state index in [2.05, 4.69) is 4.72 Å². The maximum Gasteiger partial charge on any atom is 0.262 e. The maximum atomic E-state index is 12.5. The van der Waals surface area contributed by atoms with Gasteiger partial charge in [0.1, 0.15) is 0 Å². The van der Waals surface area contributed by atoms with Crippen molar-refractivity contribution in [2.24, 2.45) is 0 Å². The van der Waals surface area contributed by atoms with Crippen LogP contribution in [0.5, 0.6) is 11.5 Å².